The van der Waals surface area contributed by atoms with Crippen LogP contribution in [0.5, 0.6) is 5.75 Å². The monoisotopic (exact) mass is 508 g/mol. The fourth-order valence-corrected chi connectivity index (χ4v) is 6.80. The van der Waals surface area contributed by atoms with Gasteiger partial charge < -0.3 is 9.64 Å². The molecule has 0 unspecified atom stereocenters. The molecule has 1 saturated heterocycles. The number of benzene rings is 2. The molecule has 2 aromatic rings. The number of halogens is 2. The second-order valence-corrected chi connectivity index (χ2v) is 11.8. The lowest BCUT2D eigenvalue weighted by Crippen LogP contribution is -2.67. The smallest absolute Gasteiger partial charge is 0.315 e. The number of aryl methyl sites for hydroxylation is 1. The van der Waals surface area contributed by atoms with Crippen LogP contribution in [0.25, 0.3) is 0 Å². The van der Waals surface area contributed by atoms with Crippen LogP contribution in [0.4, 0.5) is 0 Å². The van der Waals surface area contributed by atoms with E-state index >= 15 is 0 Å². The molecule has 1 amide bonds. The Labute approximate surface area is 202 Å². The number of rotatable bonds is 6. The standard InChI is InChI=1S/C23H22Cl2N2O5S/c24-16-5-14(6-17(25)8-16)1-4-21(28)27-12-23(13-27)10-18(11-23)26-33(30,31)19-3-2-15-7-22(29)32-20(15)9-19/h2-3,5-6,8-9,18,26H,1,4,7,10-13H2. The molecule has 2 heterocycles. The molecule has 2 fully saturated rings. The number of fused-ring (bicyclic) bond motifs is 1. The van der Waals surface area contributed by atoms with E-state index in [-0.39, 0.29) is 34.6 Å². The second-order valence-electron chi connectivity index (χ2n) is 9.17. The molecule has 5 rings (SSSR count). The predicted molar refractivity (Wildman–Crippen MR) is 123 cm³/mol. The molecule has 2 aliphatic heterocycles. The van der Waals surface area contributed by atoms with Gasteiger partial charge in [-0.2, -0.15) is 0 Å². The Morgan fingerprint density at radius 3 is 2.52 bits per heavy atom. The highest BCUT2D eigenvalue weighted by molar-refractivity contribution is 7.89. The van der Waals surface area contributed by atoms with Crippen molar-refractivity contribution in [3.05, 3.63) is 57.6 Å². The van der Waals surface area contributed by atoms with Gasteiger partial charge in [-0.1, -0.05) is 29.3 Å². The Morgan fingerprint density at radius 1 is 1.12 bits per heavy atom. The van der Waals surface area contributed by atoms with Crippen molar-refractivity contribution in [3.63, 3.8) is 0 Å². The fourth-order valence-electron chi connectivity index (χ4n) is 4.98. The van der Waals surface area contributed by atoms with Crippen LogP contribution >= 0.6 is 23.2 Å². The van der Waals surface area contributed by atoms with Crippen LogP contribution < -0.4 is 9.46 Å². The summed E-state index contributed by atoms with van der Waals surface area (Å²) in [5, 5.41) is 1.11. The molecule has 1 N–H and O–H groups in total. The maximum Gasteiger partial charge on any atom is 0.315 e. The number of hydrogen-bond donors (Lipinski definition) is 1. The summed E-state index contributed by atoms with van der Waals surface area (Å²) >= 11 is 12.0. The third-order valence-electron chi connectivity index (χ3n) is 6.54. The number of carbonyl (C=O) groups is 2. The lowest BCUT2D eigenvalue weighted by Gasteiger charge is -2.59. The number of amides is 1. The maximum absolute atomic E-state index is 12.7. The van der Waals surface area contributed by atoms with Crippen LogP contribution in [0.1, 0.15) is 30.4 Å². The van der Waals surface area contributed by atoms with Gasteiger partial charge in [-0.3, -0.25) is 9.59 Å². The van der Waals surface area contributed by atoms with Gasteiger partial charge in [0, 0.05) is 52.6 Å². The largest absolute Gasteiger partial charge is 0.426 e. The quantitative estimate of drug-likeness (QED) is 0.476. The summed E-state index contributed by atoms with van der Waals surface area (Å²) in [6.45, 7) is 1.30. The van der Waals surface area contributed by atoms with Gasteiger partial charge in [-0.15, -0.1) is 0 Å². The maximum atomic E-state index is 12.7. The van der Waals surface area contributed by atoms with E-state index in [0.717, 1.165) is 5.56 Å². The van der Waals surface area contributed by atoms with Crippen LogP contribution in [0.3, 0.4) is 0 Å². The molecular weight excluding hydrogens is 487 g/mol. The molecule has 0 bridgehead atoms. The number of ether oxygens (including phenoxy) is 1. The Morgan fingerprint density at radius 2 is 1.82 bits per heavy atom. The van der Waals surface area contributed by atoms with E-state index < -0.39 is 10.0 Å². The first-order chi connectivity index (χ1) is 15.6. The molecule has 2 aromatic carbocycles. The third kappa shape index (κ3) is 4.62. The molecule has 0 atom stereocenters. The van der Waals surface area contributed by atoms with Crippen molar-refractivity contribution in [1.29, 1.82) is 0 Å². The van der Waals surface area contributed by atoms with E-state index in [2.05, 4.69) is 4.72 Å². The van der Waals surface area contributed by atoms with E-state index in [1.54, 1.807) is 12.1 Å². The minimum absolute atomic E-state index is 0.00429. The summed E-state index contributed by atoms with van der Waals surface area (Å²) in [5.74, 6) is 0.00322. The summed E-state index contributed by atoms with van der Waals surface area (Å²) in [6, 6.07) is 9.62. The highest BCUT2D eigenvalue weighted by Gasteiger charge is 2.54. The zero-order chi connectivity index (χ0) is 23.4. The molecular formula is C23H22Cl2N2O5S. The number of nitrogens with zero attached hydrogens (tertiary/aromatic N) is 1. The third-order valence-corrected chi connectivity index (χ3v) is 8.50. The Hall–Kier alpha value is -2.13. The van der Waals surface area contributed by atoms with Crippen molar-refractivity contribution >= 4 is 45.1 Å². The average Bonchev–Trinajstić information content (AvgIpc) is 3.05. The normalized spacial score (nSPS) is 19.1. The highest BCUT2D eigenvalue weighted by Crippen LogP contribution is 2.49. The Bertz CT molecular complexity index is 1230. The predicted octanol–water partition coefficient (Wildman–Crippen LogP) is 3.36. The molecule has 7 nitrogen and oxygen atoms in total. The van der Waals surface area contributed by atoms with E-state index in [1.807, 2.05) is 17.0 Å². The second kappa shape index (κ2) is 8.27. The average molecular weight is 509 g/mol. The Balaban J connectivity index is 1.10. The minimum Gasteiger partial charge on any atom is -0.426 e. The van der Waals surface area contributed by atoms with Gasteiger partial charge in [-0.05, 0) is 49.1 Å². The number of esters is 1. The first-order valence-corrected chi connectivity index (χ1v) is 12.9. The van der Waals surface area contributed by atoms with E-state index in [9.17, 15) is 18.0 Å². The van der Waals surface area contributed by atoms with E-state index in [1.165, 1.54) is 12.1 Å². The van der Waals surface area contributed by atoms with Crippen LogP contribution in [0.2, 0.25) is 10.0 Å². The van der Waals surface area contributed by atoms with Gasteiger partial charge in [0.15, 0.2) is 0 Å². The Kier molecular flexibility index (Phi) is 5.68. The summed E-state index contributed by atoms with van der Waals surface area (Å²) in [7, 11) is -3.71. The van der Waals surface area contributed by atoms with Crippen LogP contribution in [0, 0.1) is 5.41 Å². The molecule has 174 valence electrons. The molecule has 1 aliphatic carbocycles. The lowest BCUT2D eigenvalue weighted by molar-refractivity contribution is -0.151. The van der Waals surface area contributed by atoms with Crippen molar-refractivity contribution in [2.75, 3.05) is 13.1 Å². The number of sulfonamides is 1. The van der Waals surface area contributed by atoms with Gasteiger partial charge in [0.05, 0.1) is 11.3 Å². The van der Waals surface area contributed by atoms with Crippen LogP contribution in [-0.2, 0) is 32.5 Å². The van der Waals surface area contributed by atoms with Gasteiger partial charge in [-0.25, -0.2) is 13.1 Å². The number of carbonyl (C=O) groups excluding carboxylic acids is 2. The number of hydrogen-bond acceptors (Lipinski definition) is 5. The number of nitrogens with one attached hydrogen (secondary N) is 1. The summed E-state index contributed by atoms with van der Waals surface area (Å²) in [4.78, 5) is 25.8. The number of likely N-dealkylation sites (tertiary alicyclic amines) is 1. The van der Waals surface area contributed by atoms with Gasteiger partial charge in [0.1, 0.15) is 5.75 Å². The molecule has 1 spiro atoms. The summed E-state index contributed by atoms with van der Waals surface area (Å²) in [5.41, 5.74) is 1.62. The van der Waals surface area contributed by atoms with Crippen molar-refractivity contribution in [2.45, 2.75) is 43.0 Å². The van der Waals surface area contributed by atoms with Crippen LogP contribution in [0.15, 0.2) is 41.3 Å². The SMILES string of the molecule is O=C1Cc2ccc(S(=O)(=O)NC3CC4(C3)CN(C(=O)CCc3cc(Cl)cc(Cl)c3)C4)cc2O1. The van der Waals surface area contributed by atoms with Crippen molar-refractivity contribution in [3.8, 4) is 5.75 Å². The molecule has 1 saturated carbocycles. The van der Waals surface area contributed by atoms with Crippen LogP contribution in [-0.4, -0.2) is 44.3 Å². The highest BCUT2D eigenvalue weighted by atomic mass is 35.5. The summed E-state index contributed by atoms with van der Waals surface area (Å²) in [6.07, 6.45) is 2.50. The molecule has 10 heteroatoms. The van der Waals surface area contributed by atoms with Crippen molar-refractivity contribution in [2.24, 2.45) is 5.41 Å². The first kappa shape index (κ1) is 22.7. The lowest BCUT2D eigenvalue weighted by atomic mass is 9.61. The summed E-state index contributed by atoms with van der Waals surface area (Å²) < 4.78 is 33.3. The molecule has 0 radical (unpaired) electrons. The topological polar surface area (TPSA) is 92.8 Å². The van der Waals surface area contributed by atoms with E-state index in [0.29, 0.717) is 60.1 Å². The molecule has 0 aromatic heterocycles. The zero-order valence-electron chi connectivity index (χ0n) is 17.6. The first-order valence-electron chi connectivity index (χ1n) is 10.7. The van der Waals surface area contributed by atoms with Gasteiger partial charge in [0.2, 0.25) is 15.9 Å². The zero-order valence-corrected chi connectivity index (χ0v) is 20.0. The molecule has 33 heavy (non-hydrogen) atoms. The minimum atomic E-state index is -3.71. The van der Waals surface area contributed by atoms with Crippen molar-refractivity contribution < 1.29 is 22.7 Å². The van der Waals surface area contributed by atoms with Gasteiger partial charge >= 0.3 is 5.97 Å². The van der Waals surface area contributed by atoms with Gasteiger partial charge in [0.25, 0.3) is 0 Å². The molecule has 3 aliphatic rings. The van der Waals surface area contributed by atoms with E-state index in [4.69, 9.17) is 27.9 Å². The van der Waals surface area contributed by atoms with Crippen molar-refractivity contribution in [1.82, 2.24) is 9.62 Å². The fraction of sp³-hybridized carbons (Fsp3) is 0.391.